The zero-order chi connectivity index (χ0) is 9.84. The summed E-state index contributed by atoms with van der Waals surface area (Å²) in [5.41, 5.74) is 0. The maximum absolute atomic E-state index is 11.0. The van der Waals surface area contributed by atoms with Gasteiger partial charge >= 0.3 is 0 Å². The second kappa shape index (κ2) is 4.61. The molecular formula is C10H19NO2. The van der Waals surface area contributed by atoms with Gasteiger partial charge < -0.3 is 10.1 Å². The standard InChI is InChI=1S/C10H19NO2/c1-7(2)10(11-8(3)12)9-4-5-13-6-9/h7,9-10H,4-6H2,1-3H3,(H,11,12)/t9-,10?/m1/s1. The van der Waals surface area contributed by atoms with E-state index in [2.05, 4.69) is 19.2 Å². The normalized spacial score (nSPS) is 24.8. The Bertz CT molecular complexity index is 174. The molecule has 1 aliphatic rings. The number of hydrogen-bond acceptors (Lipinski definition) is 2. The molecule has 2 atom stereocenters. The smallest absolute Gasteiger partial charge is 0.217 e. The quantitative estimate of drug-likeness (QED) is 0.717. The molecule has 1 amide bonds. The molecule has 0 aromatic heterocycles. The van der Waals surface area contributed by atoms with E-state index < -0.39 is 0 Å². The molecule has 1 rings (SSSR count). The lowest BCUT2D eigenvalue weighted by molar-refractivity contribution is -0.120. The zero-order valence-corrected chi connectivity index (χ0v) is 8.67. The fourth-order valence-electron chi connectivity index (χ4n) is 1.90. The summed E-state index contributed by atoms with van der Waals surface area (Å²) in [6.07, 6.45) is 1.07. The van der Waals surface area contributed by atoms with E-state index in [0.717, 1.165) is 19.6 Å². The van der Waals surface area contributed by atoms with Crippen molar-refractivity contribution in [2.24, 2.45) is 11.8 Å². The van der Waals surface area contributed by atoms with Crippen LogP contribution in [0, 0.1) is 11.8 Å². The molecule has 3 nitrogen and oxygen atoms in total. The van der Waals surface area contributed by atoms with E-state index in [1.807, 2.05) is 0 Å². The van der Waals surface area contributed by atoms with Crippen LogP contribution in [-0.4, -0.2) is 25.2 Å². The van der Waals surface area contributed by atoms with Crippen LogP contribution < -0.4 is 5.32 Å². The van der Waals surface area contributed by atoms with Gasteiger partial charge in [-0.15, -0.1) is 0 Å². The zero-order valence-electron chi connectivity index (χ0n) is 8.67. The third kappa shape index (κ3) is 2.99. The molecule has 76 valence electrons. The monoisotopic (exact) mass is 185 g/mol. The highest BCUT2D eigenvalue weighted by atomic mass is 16.5. The SMILES string of the molecule is CC(=O)NC(C(C)C)[C@@H]1CCOC1. The van der Waals surface area contributed by atoms with Crippen molar-refractivity contribution in [2.75, 3.05) is 13.2 Å². The lowest BCUT2D eigenvalue weighted by Crippen LogP contribution is -2.43. The highest BCUT2D eigenvalue weighted by Gasteiger charge is 2.28. The van der Waals surface area contributed by atoms with Gasteiger partial charge in [0.15, 0.2) is 0 Å². The van der Waals surface area contributed by atoms with Gasteiger partial charge in [-0.3, -0.25) is 4.79 Å². The van der Waals surface area contributed by atoms with Gasteiger partial charge in [0.25, 0.3) is 0 Å². The van der Waals surface area contributed by atoms with E-state index in [9.17, 15) is 4.79 Å². The Morgan fingerprint density at radius 3 is 2.62 bits per heavy atom. The van der Waals surface area contributed by atoms with Gasteiger partial charge in [-0.05, 0) is 12.3 Å². The van der Waals surface area contributed by atoms with Crippen molar-refractivity contribution in [2.45, 2.75) is 33.2 Å². The van der Waals surface area contributed by atoms with Gasteiger partial charge in [-0.25, -0.2) is 0 Å². The van der Waals surface area contributed by atoms with Crippen LogP contribution in [0.3, 0.4) is 0 Å². The minimum absolute atomic E-state index is 0.0607. The van der Waals surface area contributed by atoms with Crippen LogP contribution in [0.1, 0.15) is 27.2 Å². The lowest BCUT2D eigenvalue weighted by atomic mass is 9.90. The van der Waals surface area contributed by atoms with Crippen LogP contribution in [-0.2, 0) is 9.53 Å². The minimum atomic E-state index is 0.0607. The largest absolute Gasteiger partial charge is 0.381 e. The molecule has 1 unspecified atom stereocenters. The number of carbonyl (C=O) groups excluding carboxylic acids is 1. The number of nitrogens with one attached hydrogen (secondary N) is 1. The van der Waals surface area contributed by atoms with Crippen LogP contribution in [0.2, 0.25) is 0 Å². The molecule has 0 aliphatic carbocycles. The summed E-state index contributed by atoms with van der Waals surface area (Å²) in [4.78, 5) is 11.0. The second-order valence-electron chi connectivity index (χ2n) is 4.09. The first-order valence-corrected chi connectivity index (χ1v) is 4.96. The van der Waals surface area contributed by atoms with Crippen molar-refractivity contribution in [1.29, 1.82) is 0 Å². The molecule has 3 heteroatoms. The van der Waals surface area contributed by atoms with E-state index in [1.165, 1.54) is 0 Å². The lowest BCUT2D eigenvalue weighted by Gasteiger charge is -2.26. The van der Waals surface area contributed by atoms with E-state index in [0.29, 0.717) is 11.8 Å². The van der Waals surface area contributed by atoms with E-state index in [4.69, 9.17) is 4.74 Å². The first-order valence-electron chi connectivity index (χ1n) is 4.96. The number of ether oxygens (including phenoxy) is 1. The molecule has 0 saturated carbocycles. The van der Waals surface area contributed by atoms with Gasteiger partial charge in [0.2, 0.25) is 5.91 Å². The molecule has 13 heavy (non-hydrogen) atoms. The molecular weight excluding hydrogens is 166 g/mol. The Morgan fingerprint density at radius 2 is 2.23 bits per heavy atom. The molecule has 1 heterocycles. The van der Waals surface area contributed by atoms with Gasteiger partial charge in [0.05, 0.1) is 6.61 Å². The van der Waals surface area contributed by atoms with Gasteiger partial charge in [0.1, 0.15) is 0 Å². The Kier molecular flexibility index (Phi) is 3.72. The highest BCUT2D eigenvalue weighted by Crippen LogP contribution is 2.21. The van der Waals surface area contributed by atoms with Gasteiger partial charge in [-0.1, -0.05) is 13.8 Å². The molecule has 0 aromatic carbocycles. The Labute approximate surface area is 79.8 Å². The summed E-state index contributed by atoms with van der Waals surface area (Å²) < 4.78 is 5.32. The fraction of sp³-hybridized carbons (Fsp3) is 0.900. The topological polar surface area (TPSA) is 38.3 Å². The average Bonchev–Trinajstić information content (AvgIpc) is 2.50. The molecule has 0 radical (unpaired) electrons. The summed E-state index contributed by atoms with van der Waals surface area (Å²) in [5, 5.41) is 3.00. The maximum atomic E-state index is 11.0. The van der Waals surface area contributed by atoms with Crippen LogP contribution in [0.15, 0.2) is 0 Å². The van der Waals surface area contributed by atoms with Crippen LogP contribution in [0.4, 0.5) is 0 Å². The van der Waals surface area contributed by atoms with E-state index in [1.54, 1.807) is 6.92 Å². The van der Waals surface area contributed by atoms with Crippen molar-refractivity contribution < 1.29 is 9.53 Å². The molecule has 1 fully saturated rings. The highest BCUT2D eigenvalue weighted by molar-refractivity contribution is 5.73. The molecule has 0 spiro atoms. The van der Waals surface area contributed by atoms with Crippen molar-refractivity contribution in [3.8, 4) is 0 Å². The van der Waals surface area contributed by atoms with Crippen LogP contribution in [0.25, 0.3) is 0 Å². The summed E-state index contributed by atoms with van der Waals surface area (Å²) >= 11 is 0. The first-order chi connectivity index (χ1) is 6.11. The summed E-state index contributed by atoms with van der Waals surface area (Å²) in [6.45, 7) is 7.49. The number of amides is 1. The average molecular weight is 185 g/mol. The molecule has 0 bridgehead atoms. The second-order valence-corrected chi connectivity index (χ2v) is 4.09. The molecule has 0 aromatic rings. The van der Waals surface area contributed by atoms with Crippen LogP contribution >= 0.6 is 0 Å². The summed E-state index contributed by atoms with van der Waals surface area (Å²) in [5.74, 6) is 1.05. The molecule has 1 N–H and O–H groups in total. The summed E-state index contributed by atoms with van der Waals surface area (Å²) in [6, 6.07) is 0.278. The predicted molar refractivity (Wildman–Crippen MR) is 51.4 cm³/mol. The summed E-state index contributed by atoms with van der Waals surface area (Å²) in [7, 11) is 0. The van der Waals surface area contributed by atoms with Crippen molar-refractivity contribution in [3.05, 3.63) is 0 Å². The number of carbonyl (C=O) groups is 1. The van der Waals surface area contributed by atoms with Crippen LogP contribution in [0.5, 0.6) is 0 Å². The minimum Gasteiger partial charge on any atom is -0.381 e. The first kappa shape index (κ1) is 10.5. The van der Waals surface area contributed by atoms with Crippen molar-refractivity contribution in [3.63, 3.8) is 0 Å². The Balaban J connectivity index is 2.50. The number of rotatable bonds is 3. The van der Waals surface area contributed by atoms with Crippen molar-refractivity contribution in [1.82, 2.24) is 5.32 Å². The van der Waals surface area contributed by atoms with E-state index in [-0.39, 0.29) is 11.9 Å². The Morgan fingerprint density at radius 1 is 1.54 bits per heavy atom. The number of hydrogen-bond donors (Lipinski definition) is 1. The van der Waals surface area contributed by atoms with Gasteiger partial charge in [0, 0.05) is 25.5 Å². The Hall–Kier alpha value is -0.570. The van der Waals surface area contributed by atoms with Crippen molar-refractivity contribution >= 4 is 5.91 Å². The maximum Gasteiger partial charge on any atom is 0.217 e. The molecule has 1 aliphatic heterocycles. The predicted octanol–water partition coefficient (Wildman–Crippen LogP) is 1.18. The molecule has 1 saturated heterocycles. The third-order valence-corrected chi connectivity index (χ3v) is 2.56. The van der Waals surface area contributed by atoms with Gasteiger partial charge in [-0.2, -0.15) is 0 Å². The fourth-order valence-corrected chi connectivity index (χ4v) is 1.90. The van der Waals surface area contributed by atoms with E-state index >= 15 is 0 Å². The third-order valence-electron chi connectivity index (χ3n) is 2.56.